The zero-order valence-corrected chi connectivity index (χ0v) is 11.9. The van der Waals surface area contributed by atoms with Gasteiger partial charge in [-0.05, 0) is 11.5 Å². The highest BCUT2D eigenvalue weighted by atomic mass is 32.2. The van der Waals surface area contributed by atoms with Crippen LogP contribution in [0.4, 0.5) is 0 Å². The van der Waals surface area contributed by atoms with Crippen LogP contribution in [0.1, 0.15) is 25.1 Å². The second-order valence-electron chi connectivity index (χ2n) is 4.77. The largest absolute Gasteiger partial charge is 0.298 e. The van der Waals surface area contributed by atoms with Crippen LogP contribution in [0.3, 0.4) is 0 Å². The van der Waals surface area contributed by atoms with Gasteiger partial charge in [0.25, 0.3) is 5.56 Å². The van der Waals surface area contributed by atoms with E-state index in [0.717, 1.165) is 11.3 Å². The molecule has 5 heteroatoms. The molecule has 1 aromatic carbocycles. The van der Waals surface area contributed by atoms with Gasteiger partial charge in [-0.3, -0.25) is 9.78 Å². The van der Waals surface area contributed by atoms with Crippen LogP contribution < -0.4 is 5.56 Å². The first-order chi connectivity index (χ1) is 9.15. The van der Waals surface area contributed by atoms with Crippen LogP contribution in [0, 0.1) is 5.92 Å². The van der Waals surface area contributed by atoms with Crippen LogP contribution in [0.25, 0.3) is 0 Å². The lowest BCUT2D eigenvalue weighted by Crippen LogP contribution is -2.18. The number of rotatable bonds is 5. The molecular weight excluding hydrogens is 258 g/mol. The van der Waals surface area contributed by atoms with Crippen LogP contribution in [0.2, 0.25) is 0 Å². The number of thioether (sulfide) groups is 1. The van der Waals surface area contributed by atoms with E-state index >= 15 is 0 Å². The minimum atomic E-state index is -0.148. The fourth-order valence-electron chi connectivity index (χ4n) is 1.56. The average molecular weight is 275 g/mol. The van der Waals surface area contributed by atoms with E-state index in [9.17, 15) is 4.79 Å². The van der Waals surface area contributed by atoms with Gasteiger partial charge in [-0.1, -0.05) is 55.9 Å². The van der Waals surface area contributed by atoms with Gasteiger partial charge in [0.2, 0.25) is 0 Å². The van der Waals surface area contributed by atoms with Crippen LogP contribution >= 0.6 is 11.8 Å². The molecule has 0 unspecified atom stereocenters. The Balaban J connectivity index is 2.09. The Labute approximate surface area is 116 Å². The number of hydrogen-bond acceptors (Lipinski definition) is 4. The van der Waals surface area contributed by atoms with Gasteiger partial charge in [0, 0.05) is 12.2 Å². The lowest BCUT2D eigenvalue weighted by molar-refractivity contribution is 0.737. The Morgan fingerprint density at radius 1 is 1.21 bits per heavy atom. The van der Waals surface area contributed by atoms with Crippen LogP contribution in [0.5, 0.6) is 0 Å². The summed E-state index contributed by atoms with van der Waals surface area (Å²) >= 11 is 1.53. The molecule has 0 spiro atoms. The van der Waals surface area contributed by atoms with E-state index in [4.69, 9.17) is 0 Å². The molecule has 1 N–H and O–H groups in total. The van der Waals surface area contributed by atoms with Crippen molar-refractivity contribution in [2.45, 2.75) is 25.4 Å². The van der Waals surface area contributed by atoms with Crippen LogP contribution in [-0.4, -0.2) is 20.9 Å². The summed E-state index contributed by atoms with van der Waals surface area (Å²) in [4.78, 5) is 14.7. The summed E-state index contributed by atoms with van der Waals surface area (Å²) in [6.45, 7) is 4.25. The molecule has 0 saturated carbocycles. The molecule has 0 atom stereocenters. The van der Waals surface area contributed by atoms with Gasteiger partial charge in [0.1, 0.15) is 5.69 Å². The zero-order chi connectivity index (χ0) is 13.7. The number of aromatic nitrogens is 3. The molecule has 4 nitrogen and oxygen atoms in total. The van der Waals surface area contributed by atoms with E-state index in [2.05, 4.69) is 29.0 Å². The van der Waals surface area contributed by atoms with E-state index < -0.39 is 0 Å². The molecule has 0 bridgehead atoms. The SMILES string of the molecule is CC(C)CSc1nnc(Cc2ccccc2)c(=O)[nH]1. The Morgan fingerprint density at radius 2 is 1.95 bits per heavy atom. The second-order valence-corrected chi connectivity index (χ2v) is 5.78. The molecule has 19 heavy (non-hydrogen) atoms. The first-order valence-electron chi connectivity index (χ1n) is 6.27. The number of benzene rings is 1. The quantitative estimate of drug-likeness (QED) is 0.852. The summed E-state index contributed by atoms with van der Waals surface area (Å²) in [6, 6.07) is 9.80. The van der Waals surface area contributed by atoms with Gasteiger partial charge in [0.05, 0.1) is 0 Å². The molecule has 0 saturated heterocycles. The van der Waals surface area contributed by atoms with Crippen molar-refractivity contribution in [1.82, 2.24) is 15.2 Å². The number of nitrogens with one attached hydrogen (secondary N) is 1. The number of aromatic amines is 1. The Hall–Kier alpha value is -1.62. The zero-order valence-electron chi connectivity index (χ0n) is 11.1. The average Bonchev–Trinajstić information content (AvgIpc) is 2.40. The fraction of sp³-hybridized carbons (Fsp3) is 0.357. The lowest BCUT2D eigenvalue weighted by Gasteiger charge is -2.04. The monoisotopic (exact) mass is 275 g/mol. The second kappa shape index (κ2) is 6.52. The minimum absolute atomic E-state index is 0.148. The maximum Gasteiger partial charge on any atom is 0.273 e. The minimum Gasteiger partial charge on any atom is -0.298 e. The fourth-order valence-corrected chi connectivity index (χ4v) is 2.32. The molecule has 0 aliphatic carbocycles. The summed E-state index contributed by atoms with van der Waals surface area (Å²) in [5, 5.41) is 8.69. The summed E-state index contributed by atoms with van der Waals surface area (Å²) < 4.78 is 0. The third kappa shape index (κ3) is 4.21. The maximum absolute atomic E-state index is 11.9. The molecular formula is C14H17N3OS. The highest BCUT2D eigenvalue weighted by molar-refractivity contribution is 7.99. The summed E-state index contributed by atoms with van der Waals surface area (Å²) in [5.41, 5.74) is 1.37. The van der Waals surface area contributed by atoms with Crippen molar-refractivity contribution in [2.24, 2.45) is 5.92 Å². The van der Waals surface area contributed by atoms with Gasteiger partial charge in [0.15, 0.2) is 5.16 Å². The summed E-state index contributed by atoms with van der Waals surface area (Å²) in [6.07, 6.45) is 0.512. The first kappa shape index (κ1) is 13.8. The van der Waals surface area contributed by atoms with Crippen molar-refractivity contribution in [1.29, 1.82) is 0 Å². The Morgan fingerprint density at radius 3 is 2.58 bits per heavy atom. The van der Waals surface area contributed by atoms with Gasteiger partial charge in [-0.2, -0.15) is 0 Å². The van der Waals surface area contributed by atoms with Crippen molar-refractivity contribution >= 4 is 11.8 Å². The van der Waals surface area contributed by atoms with Crippen LogP contribution in [-0.2, 0) is 6.42 Å². The molecule has 0 fully saturated rings. The van der Waals surface area contributed by atoms with E-state index in [1.807, 2.05) is 30.3 Å². The molecule has 2 rings (SSSR count). The molecule has 1 heterocycles. The molecule has 0 radical (unpaired) electrons. The predicted octanol–water partition coefficient (Wildman–Crippen LogP) is 2.50. The van der Waals surface area contributed by atoms with Gasteiger partial charge >= 0.3 is 0 Å². The highest BCUT2D eigenvalue weighted by Gasteiger charge is 2.06. The van der Waals surface area contributed by atoms with Gasteiger partial charge in [-0.15, -0.1) is 10.2 Å². The molecule has 0 aliphatic heterocycles. The number of H-pyrrole nitrogens is 1. The van der Waals surface area contributed by atoms with Crippen molar-refractivity contribution in [3.8, 4) is 0 Å². The summed E-state index contributed by atoms with van der Waals surface area (Å²) in [5.74, 6) is 1.47. The first-order valence-corrected chi connectivity index (χ1v) is 7.26. The van der Waals surface area contributed by atoms with Crippen molar-refractivity contribution in [2.75, 3.05) is 5.75 Å². The Kier molecular flexibility index (Phi) is 4.74. The van der Waals surface area contributed by atoms with Gasteiger partial charge < -0.3 is 0 Å². The van der Waals surface area contributed by atoms with Crippen molar-refractivity contribution < 1.29 is 0 Å². The van der Waals surface area contributed by atoms with E-state index in [0.29, 0.717) is 23.2 Å². The van der Waals surface area contributed by atoms with E-state index in [-0.39, 0.29) is 5.56 Å². The Bertz CT molecular complexity index is 581. The van der Waals surface area contributed by atoms with E-state index in [1.165, 1.54) is 11.8 Å². The van der Waals surface area contributed by atoms with Gasteiger partial charge in [-0.25, -0.2) is 0 Å². The smallest absolute Gasteiger partial charge is 0.273 e. The lowest BCUT2D eigenvalue weighted by atomic mass is 10.1. The third-order valence-corrected chi connectivity index (χ3v) is 3.80. The number of nitrogens with zero attached hydrogens (tertiary/aromatic N) is 2. The molecule has 0 aliphatic rings. The summed E-state index contributed by atoms with van der Waals surface area (Å²) in [7, 11) is 0. The highest BCUT2D eigenvalue weighted by Crippen LogP contribution is 2.14. The predicted molar refractivity (Wildman–Crippen MR) is 77.5 cm³/mol. The third-order valence-electron chi connectivity index (χ3n) is 2.51. The van der Waals surface area contributed by atoms with Crippen LogP contribution in [0.15, 0.2) is 40.3 Å². The standard InChI is InChI=1S/C14H17N3OS/c1-10(2)9-19-14-15-13(18)12(16-17-14)8-11-6-4-3-5-7-11/h3-7,10H,8-9H2,1-2H3,(H,15,17,18). The molecule has 100 valence electrons. The molecule has 2 aromatic rings. The van der Waals surface area contributed by atoms with E-state index in [1.54, 1.807) is 0 Å². The number of hydrogen-bond donors (Lipinski definition) is 1. The molecule has 0 amide bonds. The normalized spacial score (nSPS) is 10.9. The molecule has 1 aromatic heterocycles. The topological polar surface area (TPSA) is 58.6 Å². The van der Waals surface area contributed by atoms with Crippen molar-refractivity contribution in [3.63, 3.8) is 0 Å². The maximum atomic E-state index is 11.9. The van der Waals surface area contributed by atoms with Crippen molar-refractivity contribution in [3.05, 3.63) is 51.9 Å².